The van der Waals surface area contributed by atoms with E-state index in [1.54, 1.807) is 48.5 Å². The summed E-state index contributed by atoms with van der Waals surface area (Å²) in [5, 5.41) is 21.8. The van der Waals surface area contributed by atoms with Crippen LogP contribution in [0.15, 0.2) is 100 Å². The van der Waals surface area contributed by atoms with Gasteiger partial charge in [-0.1, -0.05) is 71.6 Å². The van der Waals surface area contributed by atoms with Gasteiger partial charge in [-0.05, 0) is 65.4 Å². The van der Waals surface area contributed by atoms with Crippen molar-refractivity contribution in [2.24, 2.45) is 0 Å². The lowest BCUT2D eigenvalue weighted by Gasteiger charge is -2.20. The zero-order chi connectivity index (χ0) is 29.9. The molecular weight excluding hydrogens is 606 g/mol. The molecule has 2 aromatic heterocycles. The second kappa shape index (κ2) is 12.5. The van der Waals surface area contributed by atoms with Crippen LogP contribution in [0.3, 0.4) is 0 Å². The van der Waals surface area contributed by atoms with Crippen molar-refractivity contribution in [1.82, 2.24) is 10.2 Å². The van der Waals surface area contributed by atoms with Gasteiger partial charge in [0.2, 0.25) is 5.13 Å². The van der Waals surface area contributed by atoms with E-state index in [4.69, 9.17) is 4.74 Å². The molecule has 43 heavy (non-hydrogen) atoms. The quantitative estimate of drug-likeness (QED) is 0.0592. The summed E-state index contributed by atoms with van der Waals surface area (Å²) in [6.45, 7) is 2.41. The Bertz CT molecular complexity index is 1820. The molecule has 216 valence electrons. The topological polar surface area (TPSA) is 92.6 Å². The Balaban J connectivity index is 1.27. The zero-order valence-corrected chi connectivity index (χ0v) is 25.2. The molecule has 1 saturated heterocycles. The number of Topliss-reactive ketones (excluding diaryl/α,β-unsaturated/α-hetero) is 1. The first kappa shape index (κ1) is 28.8. The summed E-state index contributed by atoms with van der Waals surface area (Å²) in [5.41, 5.74) is 3.06. The lowest BCUT2D eigenvalue weighted by Crippen LogP contribution is -2.29. The average Bonchev–Trinajstić information content (AvgIpc) is 3.77. The lowest BCUT2D eigenvalue weighted by molar-refractivity contribution is -0.132. The molecule has 3 aromatic carbocycles. The molecule has 0 saturated carbocycles. The summed E-state index contributed by atoms with van der Waals surface area (Å²) in [4.78, 5) is 28.8. The van der Waals surface area contributed by atoms with Crippen LogP contribution in [-0.4, -0.2) is 27.0 Å². The molecule has 11 heteroatoms. The Labute approximate surface area is 259 Å². The highest BCUT2D eigenvalue weighted by molar-refractivity contribution is 8.00. The van der Waals surface area contributed by atoms with Gasteiger partial charge in [0.25, 0.3) is 5.78 Å². The number of amides is 1. The second-order valence-electron chi connectivity index (χ2n) is 9.65. The number of thiophene rings is 1. The number of hydrogen-bond donors (Lipinski definition) is 1. The molecule has 1 fully saturated rings. The number of carbonyl (C=O) groups excluding carboxylic acids is 2. The SMILES string of the molecule is Cc1ccccc1COc1ccc(/C(O)=C2\C(=O)C(=O)N(c3nnc(SCc4ccccc4F)s3)C2c2cccs2)cc1. The molecule has 1 aliphatic heterocycles. The van der Waals surface area contributed by atoms with Gasteiger partial charge < -0.3 is 9.84 Å². The second-order valence-corrected chi connectivity index (χ2v) is 12.8. The number of aliphatic hydroxyl groups is 1. The van der Waals surface area contributed by atoms with E-state index in [1.807, 2.05) is 42.6 Å². The molecular formula is C32H24FN3O4S3. The molecule has 5 aromatic rings. The van der Waals surface area contributed by atoms with Crippen LogP contribution >= 0.6 is 34.4 Å². The third kappa shape index (κ3) is 5.96. The number of thioether (sulfide) groups is 1. The van der Waals surface area contributed by atoms with Crippen molar-refractivity contribution in [3.05, 3.63) is 129 Å². The molecule has 0 radical (unpaired) electrons. The maximum Gasteiger partial charge on any atom is 0.301 e. The van der Waals surface area contributed by atoms with Crippen molar-refractivity contribution < 1.29 is 23.8 Å². The lowest BCUT2D eigenvalue weighted by atomic mass is 10.00. The van der Waals surface area contributed by atoms with Crippen LogP contribution in [0, 0.1) is 12.7 Å². The molecule has 1 unspecified atom stereocenters. The Morgan fingerprint density at radius 3 is 2.44 bits per heavy atom. The Morgan fingerprint density at radius 1 is 0.977 bits per heavy atom. The van der Waals surface area contributed by atoms with Crippen LogP contribution in [0.1, 0.15) is 33.2 Å². The standard InChI is InChI=1S/C32H24FN3O4S3/c1-19-7-2-3-8-21(19)17-40-23-14-12-20(13-15-23)28(37)26-27(25-11-6-16-41-25)36(30(39)29(26)38)31-34-35-32(43-31)42-18-22-9-4-5-10-24(22)33/h2-16,27,37H,17-18H2,1H3/b28-26+. The van der Waals surface area contributed by atoms with Gasteiger partial charge in [-0.15, -0.1) is 21.5 Å². The van der Waals surface area contributed by atoms with E-state index < -0.39 is 17.7 Å². The number of rotatable bonds is 9. The van der Waals surface area contributed by atoms with E-state index in [0.717, 1.165) is 22.5 Å². The number of aromatic nitrogens is 2. The first-order valence-electron chi connectivity index (χ1n) is 13.2. The normalized spacial score (nSPS) is 16.1. The van der Waals surface area contributed by atoms with Crippen molar-refractivity contribution in [3.8, 4) is 5.75 Å². The highest BCUT2D eigenvalue weighted by Gasteiger charge is 2.48. The molecule has 6 rings (SSSR count). The van der Waals surface area contributed by atoms with Crippen molar-refractivity contribution in [1.29, 1.82) is 0 Å². The monoisotopic (exact) mass is 629 g/mol. The van der Waals surface area contributed by atoms with Crippen LogP contribution in [0.25, 0.3) is 5.76 Å². The fourth-order valence-electron chi connectivity index (χ4n) is 4.66. The Morgan fingerprint density at radius 2 is 1.72 bits per heavy atom. The minimum atomic E-state index is -0.880. The fraction of sp³-hybridized carbons (Fsp3) is 0.125. The van der Waals surface area contributed by atoms with Gasteiger partial charge in [0, 0.05) is 16.2 Å². The van der Waals surface area contributed by atoms with Gasteiger partial charge in [0.05, 0.1) is 5.57 Å². The highest BCUT2D eigenvalue weighted by atomic mass is 32.2. The number of carbonyl (C=O) groups is 2. The van der Waals surface area contributed by atoms with E-state index in [2.05, 4.69) is 10.2 Å². The largest absolute Gasteiger partial charge is 0.507 e. The van der Waals surface area contributed by atoms with Crippen LogP contribution in [0.5, 0.6) is 5.75 Å². The maximum atomic E-state index is 14.1. The van der Waals surface area contributed by atoms with E-state index >= 15 is 0 Å². The van der Waals surface area contributed by atoms with E-state index in [9.17, 15) is 19.1 Å². The first-order chi connectivity index (χ1) is 20.9. The molecule has 3 heterocycles. The van der Waals surface area contributed by atoms with Crippen LogP contribution in [0.2, 0.25) is 0 Å². The molecule has 1 N–H and O–H groups in total. The van der Waals surface area contributed by atoms with Gasteiger partial charge in [0.1, 0.15) is 30.0 Å². The summed E-state index contributed by atoms with van der Waals surface area (Å²) in [5.74, 6) is -1.28. The number of nitrogens with zero attached hydrogens (tertiary/aromatic N) is 3. The number of ether oxygens (including phenoxy) is 1. The average molecular weight is 630 g/mol. The molecule has 1 aliphatic rings. The van der Waals surface area contributed by atoms with Gasteiger partial charge in [0.15, 0.2) is 4.34 Å². The smallest absolute Gasteiger partial charge is 0.301 e. The molecule has 1 amide bonds. The van der Waals surface area contributed by atoms with Crippen molar-refractivity contribution in [2.45, 2.75) is 29.7 Å². The predicted molar refractivity (Wildman–Crippen MR) is 167 cm³/mol. The number of benzene rings is 3. The number of ketones is 1. The molecule has 0 spiro atoms. The molecule has 1 atom stereocenters. The Kier molecular flexibility index (Phi) is 8.37. The van der Waals surface area contributed by atoms with Crippen LogP contribution < -0.4 is 9.64 Å². The molecule has 0 bridgehead atoms. The first-order valence-corrected chi connectivity index (χ1v) is 15.9. The summed E-state index contributed by atoms with van der Waals surface area (Å²) >= 11 is 3.78. The third-order valence-electron chi connectivity index (χ3n) is 6.95. The minimum absolute atomic E-state index is 0.0308. The van der Waals surface area contributed by atoms with Crippen molar-refractivity contribution in [2.75, 3.05) is 4.90 Å². The van der Waals surface area contributed by atoms with Gasteiger partial charge in [-0.25, -0.2) is 4.39 Å². The Hall–Kier alpha value is -4.32. The zero-order valence-electron chi connectivity index (χ0n) is 22.8. The minimum Gasteiger partial charge on any atom is -0.507 e. The summed E-state index contributed by atoms with van der Waals surface area (Å²) < 4.78 is 20.5. The van der Waals surface area contributed by atoms with Gasteiger partial charge in [-0.2, -0.15) is 0 Å². The van der Waals surface area contributed by atoms with Gasteiger partial charge >= 0.3 is 5.91 Å². The highest BCUT2D eigenvalue weighted by Crippen LogP contribution is 2.45. The fourth-order valence-corrected chi connectivity index (χ4v) is 7.33. The van der Waals surface area contributed by atoms with E-state index in [1.165, 1.54) is 34.1 Å². The summed E-state index contributed by atoms with van der Waals surface area (Å²) in [6.07, 6.45) is 0. The number of aliphatic hydroxyl groups excluding tert-OH is 1. The third-order valence-corrected chi connectivity index (χ3v) is 9.98. The van der Waals surface area contributed by atoms with Crippen molar-refractivity contribution in [3.63, 3.8) is 0 Å². The van der Waals surface area contributed by atoms with Gasteiger partial charge in [-0.3, -0.25) is 14.5 Å². The number of hydrogen-bond acceptors (Lipinski definition) is 9. The number of anilines is 1. The van der Waals surface area contributed by atoms with E-state index in [0.29, 0.717) is 38.5 Å². The molecule has 7 nitrogen and oxygen atoms in total. The van der Waals surface area contributed by atoms with Crippen LogP contribution in [0.4, 0.5) is 9.52 Å². The molecule has 0 aliphatic carbocycles. The maximum absolute atomic E-state index is 14.1. The summed E-state index contributed by atoms with van der Waals surface area (Å²) in [7, 11) is 0. The van der Waals surface area contributed by atoms with Crippen LogP contribution in [-0.2, 0) is 21.9 Å². The number of halogens is 1. The predicted octanol–water partition coefficient (Wildman–Crippen LogP) is 7.54. The number of aryl methyl sites for hydroxylation is 1. The van der Waals surface area contributed by atoms with Crippen molar-refractivity contribution >= 4 is 57.0 Å². The van der Waals surface area contributed by atoms with E-state index in [-0.39, 0.29) is 22.3 Å². The summed E-state index contributed by atoms with van der Waals surface area (Å²) in [6, 6.07) is 23.9.